The average molecular weight is 278 g/mol. The lowest BCUT2D eigenvalue weighted by molar-refractivity contribution is -0.782. The van der Waals surface area contributed by atoms with Gasteiger partial charge in [-0.2, -0.15) is 0 Å². The summed E-state index contributed by atoms with van der Waals surface area (Å²) in [5.74, 6) is 0. The maximum atomic E-state index is 11.7. The van der Waals surface area contributed by atoms with Gasteiger partial charge in [0.1, 0.15) is 0 Å². The van der Waals surface area contributed by atoms with Crippen LogP contribution in [0.3, 0.4) is 0 Å². The fourth-order valence-electron chi connectivity index (χ4n) is 2.66. The molecule has 1 aliphatic rings. The second-order valence-electron chi connectivity index (χ2n) is 4.89. The van der Waals surface area contributed by atoms with Crippen molar-refractivity contribution in [1.82, 2.24) is 5.16 Å². The van der Waals surface area contributed by atoms with Crippen molar-refractivity contribution in [2.45, 2.75) is 25.7 Å². The minimum Gasteiger partial charge on any atom is -0.368 e. The van der Waals surface area contributed by atoms with Gasteiger partial charge in [0.05, 0.1) is 15.8 Å². The number of nitro benzene ring substituents is 1. The molecule has 1 aromatic carbocycles. The van der Waals surface area contributed by atoms with Crippen molar-refractivity contribution in [2.24, 2.45) is 0 Å². The van der Waals surface area contributed by atoms with Gasteiger partial charge in [0, 0.05) is 19.2 Å². The van der Waals surface area contributed by atoms with E-state index in [0.717, 1.165) is 38.8 Å². The summed E-state index contributed by atoms with van der Waals surface area (Å²) in [6.45, 7) is 1.66. The van der Waals surface area contributed by atoms with Crippen LogP contribution >= 0.6 is 0 Å². The summed E-state index contributed by atoms with van der Waals surface area (Å²) in [4.78, 5) is 12.7. The first-order chi connectivity index (χ1) is 9.68. The number of non-ortho nitro benzene ring substituents is 1. The molecule has 0 unspecified atom stereocenters. The molecule has 0 spiro atoms. The van der Waals surface area contributed by atoms with Gasteiger partial charge in [0.15, 0.2) is 0 Å². The van der Waals surface area contributed by atoms with E-state index in [1.54, 1.807) is 6.07 Å². The number of nitrogens with zero attached hydrogens (tertiary/aromatic N) is 4. The van der Waals surface area contributed by atoms with Gasteiger partial charge in [-0.15, -0.1) is 0 Å². The molecule has 8 nitrogen and oxygen atoms in total. The topological polar surface area (TPSA) is 99.3 Å². The second kappa shape index (κ2) is 4.95. The number of nitro groups is 1. The van der Waals surface area contributed by atoms with Crippen LogP contribution in [0.4, 0.5) is 11.4 Å². The monoisotopic (exact) mass is 278 g/mol. The normalized spacial score (nSPS) is 16.3. The third-order valence-corrected chi connectivity index (χ3v) is 3.64. The largest absolute Gasteiger partial charge is 0.368 e. The van der Waals surface area contributed by atoms with Crippen LogP contribution in [-0.2, 0) is 0 Å². The first kappa shape index (κ1) is 12.6. The SMILES string of the molecule is O=[N+]([O-])c1ccc(N2CCCCCC2)c2c1no[n+]2[O-]. The summed E-state index contributed by atoms with van der Waals surface area (Å²) >= 11 is 0. The highest BCUT2D eigenvalue weighted by molar-refractivity contribution is 5.91. The van der Waals surface area contributed by atoms with Crippen LogP contribution in [0, 0.1) is 15.3 Å². The summed E-state index contributed by atoms with van der Waals surface area (Å²) in [6.07, 6.45) is 4.41. The second-order valence-corrected chi connectivity index (χ2v) is 4.89. The van der Waals surface area contributed by atoms with Crippen molar-refractivity contribution < 1.29 is 14.5 Å². The van der Waals surface area contributed by atoms with E-state index in [-0.39, 0.29) is 21.6 Å². The molecule has 106 valence electrons. The summed E-state index contributed by atoms with van der Waals surface area (Å²) < 4.78 is 4.55. The van der Waals surface area contributed by atoms with Crippen LogP contribution in [0.15, 0.2) is 16.8 Å². The number of aromatic nitrogens is 2. The molecule has 1 fully saturated rings. The van der Waals surface area contributed by atoms with E-state index in [1.807, 2.05) is 0 Å². The molecule has 2 heterocycles. The van der Waals surface area contributed by atoms with Crippen molar-refractivity contribution in [3.63, 3.8) is 0 Å². The lowest BCUT2D eigenvalue weighted by Gasteiger charge is -2.21. The highest BCUT2D eigenvalue weighted by Crippen LogP contribution is 2.31. The fraction of sp³-hybridized carbons (Fsp3) is 0.500. The minimum atomic E-state index is -0.558. The average Bonchev–Trinajstić information content (AvgIpc) is 2.67. The van der Waals surface area contributed by atoms with Crippen molar-refractivity contribution >= 4 is 22.4 Å². The Labute approximate surface area is 114 Å². The molecule has 0 aliphatic carbocycles. The van der Waals surface area contributed by atoms with Crippen LogP contribution in [0.5, 0.6) is 0 Å². The van der Waals surface area contributed by atoms with Crippen LogP contribution in [-0.4, -0.2) is 23.2 Å². The zero-order valence-corrected chi connectivity index (χ0v) is 10.8. The van der Waals surface area contributed by atoms with Gasteiger partial charge in [0.2, 0.25) is 0 Å². The molecule has 0 atom stereocenters. The Hall–Kier alpha value is -2.38. The van der Waals surface area contributed by atoms with E-state index in [2.05, 4.69) is 14.7 Å². The molecule has 0 amide bonds. The Balaban J connectivity index is 2.13. The molecular weight excluding hydrogens is 264 g/mol. The number of hydrogen-bond acceptors (Lipinski definition) is 6. The van der Waals surface area contributed by atoms with E-state index in [0.29, 0.717) is 5.69 Å². The lowest BCUT2D eigenvalue weighted by Crippen LogP contribution is -2.29. The first-order valence-corrected chi connectivity index (χ1v) is 6.60. The molecule has 2 aromatic rings. The summed E-state index contributed by atoms with van der Waals surface area (Å²) in [5, 5.41) is 26.2. The molecule has 1 aromatic heterocycles. The van der Waals surface area contributed by atoms with Crippen LogP contribution in [0.25, 0.3) is 11.0 Å². The van der Waals surface area contributed by atoms with Gasteiger partial charge in [-0.3, -0.25) is 14.7 Å². The van der Waals surface area contributed by atoms with E-state index in [4.69, 9.17) is 0 Å². The number of fused-ring (bicyclic) bond motifs is 1. The van der Waals surface area contributed by atoms with Crippen LogP contribution in [0.2, 0.25) is 0 Å². The van der Waals surface area contributed by atoms with Gasteiger partial charge in [-0.05, 0) is 23.8 Å². The Morgan fingerprint density at radius 3 is 2.60 bits per heavy atom. The summed E-state index contributed by atoms with van der Waals surface area (Å²) in [5.41, 5.74) is 0.591. The Morgan fingerprint density at radius 2 is 1.95 bits per heavy atom. The highest BCUT2D eigenvalue weighted by Gasteiger charge is 2.28. The van der Waals surface area contributed by atoms with Crippen molar-refractivity contribution in [1.29, 1.82) is 0 Å². The van der Waals surface area contributed by atoms with Crippen molar-refractivity contribution in [2.75, 3.05) is 18.0 Å². The standard InChI is InChI=1S/C12H14N4O4/c17-15(18)9-5-6-10(12-11(9)13-20-16(12)19)14-7-3-1-2-4-8-14/h5-6H,1-4,7-8H2. The lowest BCUT2D eigenvalue weighted by atomic mass is 10.2. The van der Waals surface area contributed by atoms with Crippen LogP contribution in [0.1, 0.15) is 25.7 Å². The summed E-state index contributed by atoms with van der Waals surface area (Å²) in [7, 11) is 0. The zero-order chi connectivity index (χ0) is 14.1. The molecule has 0 N–H and O–H groups in total. The van der Waals surface area contributed by atoms with Gasteiger partial charge in [0.25, 0.3) is 5.52 Å². The maximum absolute atomic E-state index is 11.7. The fourth-order valence-corrected chi connectivity index (χ4v) is 2.66. The van der Waals surface area contributed by atoms with Gasteiger partial charge >= 0.3 is 11.2 Å². The van der Waals surface area contributed by atoms with Crippen molar-refractivity contribution in [3.05, 3.63) is 27.5 Å². The quantitative estimate of drug-likeness (QED) is 0.471. The molecule has 0 saturated carbocycles. The molecule has 1 saturated heterocycles. The van der Waals surface area contributed by atoms with Gasteiger partial charge in [-0.1, -0.05) is 12.8 Å². The predicted molar refractivity (Wildman–Crippen MR) is 70.3 cm³/mol. The number of hydrogen-bond donors (Lipinski definition) is 0. The number of anilines is 1. The van der Waals surface area contributed by atoms with E-state index >= 15 is 0 Å². The predicted octanol–water partition coefficient (Wildman–Crippen LogP) is 1.75. The maximum Gasteiger partial charge on any atom is 0.327 e. The highest BCUT2D eigenvalue weighted by atomic mass is 16.8. The summed E-state index contributed by atoms with van der Waals surface area (Å²) in [6, 6.07) is 2.99. The Bertz CT molecular complexity index is 646. The number of rotatable bonds is 2. The van der Waals surface area contributed by atoms with Gasteiger partial charge in [-0.25, -0.2) is 0 Å². The minimum absolute atomic E-state index is 0.00625. The molecule has 0 radical (unpaired) electrons. The third kappa shape index (κ3) is 2.02. The van der Waals surface area contributed by atoms with Crippen LogP contribution < -0.4 is 9.80 Å². The van der Waals surface area contributed by atoms with Crippen molar-refractivity contribution in [3.8, 4) is 0 Å². The molecule has 1 aliphatic heterocycles. The molecule has 0 bridgehead atoms. The molecule has 3 rings (SSSR count). The van der Waals surface area contributed by atoms with E-state index in [1.165, 1.54) is 6.07 Å². The first-order valence-electron chi connectivity index (χ1n) is 6.60. The molecule has 8 heteroatoms. The Morgan fingerprint density at radius 1 is 1.25 bits per heavy atom. The number of benzene rings is 1. The third-order valence-electron chi connectivity index (χ3n) is 3.64. The van der Waals surface area contributed by atoms with E-state index in [9.17, 15) is 15.3 Å². The Kier molecular flexibility index (Phi) is 3.13. The van der Waals surface area contributed by atoms with Gasteiger partial charge < -0.3 is 10.1 Å². The van der Waals surface area contributed by atoms with E-state index < -0.39 is 4.92 Å². The smallest absolute Gasteiger partial charge is 0.327 e. The zero-order valence-electron chi connectivity index (χ0n) is 10.8. The molecular formula is C12H14N4O4. The molecule has 20 heavy (non-hydrogen) atoms.